The molecule has 2 aromatic heterocycles. The van der Waals surface area contributed by atoms with Crippen molar-refractivity contribution in [3.05, 3.63) is 54.4 Å². The molecule has 1 aliphatic rings. The van der Waals surface area contributed by atoms with E-state index in [1.807, 2.05) is 0 Å². The molecule has 1 aromatic carbocycles. The number of amides is 2. The van der Waals surface area contributed by atoms with E-state index in [2.05, 4.69) is 25.8 Å². The van der Waals surface area contributed by atoms with Gasteiger partial charge >= 0.3 is 12.2 Å². The summed E-state index contributed by atoms with van der Waals surface area (Å²) in [6.45, 7) is 0.456. The molecule has 2 N–H and O–H groups in total. The van der Waals surface area contributed by atoms with Crippen molar-refractivity contribution >= 4 is 11.7 Å². The Morgan fingerprint density at radius 2 is 2.11 bits per heavy atom. The van der Waals surface area contributed by atoms with Gasteiger partial charge in [-0.25, -0.2) is 19.1 Å². The number of nitrogens with one attached hydrogen (secondary N) is 2. The fourth-order valence-corrected chi connectivity index (χ4v) is 3.12. The first kappa shape index (κ1) is 18.0. The summed E-state index contributed by atoms with van der Waals surface area (Å²) in [5, 5.41) is 13.4. The summed E-state index contributed by atoms with van der Waals surface area (Å²) in [5.74, 6) is 0.845. The number of fused-ring (bicyclic) bond motifs is 1. The summed E-state index contributed by atoms with van der Waals surface area (Å²) in [4.78, 5) is 16.6. The van der Waals surface area contributed by atoms with Crippen molar-refractivity contribution in [2.45, 2.75) is 31.6 Å². The van der Waals surface area contributed by atoms with E-state index in [1.165, 1.54) is 23.3 Å². The lowest BCUT2D eigenvalue weighted by Crippen LogP contribution is -2.43. The molecule has 146 valence electrons. The highest BCUT2D eigenvalue weighted by Crippen LogP contribution is 2.33. The monoisotopic (exact) mass is 391 g/mol. The summed E-state index contributed by atoms with van der Waals surface area (Å²) < 4.78 is 42.4. The average molecular weight is 391 g/mol. The molecule has 0 saturated carbocycles. The van der Waals surface area contributed by atoms with Crippen molar-refractivity contribution in [3.63, 3.8) is 0 Å². The van der Waals surface area contributed by atoms with Crippen LogP contribution in [0.1, 0.15) is 17.8 Å². The lowest BCUT2D eigenvalue weighted by Gasteiger charge is -2.24. The van der Waals surface area contributed by atoms with Gasteiger partial charge in [-0.3, -0.25) is 0 Å². The number of nitrogens with zero attached hydrogens (tertiary/aromatic N) is 5. The molecular formula is C17H16F3N7O. The van der Waals surface area contributed by atoms with Crippen LogP contribution in [0.5, 0.6) is 0 Å². The van der Waals surface area contributed by atoms with Crippen molar-refractivity contribution in [2.24, 2.45) is 0 Å². The van der Waals surface area contributed by atoms with E-state index in [0.29, 0.717) is 25.1 Å². The maximum atomic E-state index is 13.1. The van der Waals surface area contributed by atoms with Gasteiger partial charge in [-0.1, -0.05) is 0 Å². The molecule has 8 nitrogen and oxygen atoms in total. The van der Waals surface area contributed by atoms with Crippen LogP contribution in [-0.2, 0) is 19.1 Å². The molecule has 28 heavy (non-hydrogen) atoms. The lowest BCUT2D eigenvalue weighted by atomic mass is 10.1. The van der Waals surface area contributed by atoms with E-state index in [-0.39, 0.29) is 11.7 Å². The number of rotatable bonds is 3. The Morgan fingerprint density at radius 3 is 2.86 bits per heavy atom. The average Bonchev–Trinajstić information content (AvgIpc) is 3.32. The summed E-state index contributed by atoms with van der Waals surface area (Å²) in [7, 11) is 0. The Morgan fingerprint density at radius 1 is 1.25 bits per heavy atom. The van der Waals surface area contributed by atoms with Gasteiger partial charge in [0.25, 0.3) is 0 Å². The molecule has 0 spiro atoms. The van der Waals surface area contributed by atoms with Gasteiger partial charge in [-0.05, 0) is 30.7 Å². The molecule has 1 unspecified atom stereocenters. The normalized spacial score (nSPS) is 16.5. The summed E-state index contributed by atoms with van der Waals surface area (Å²) in [5.41, 5.74) is -0.521. The predicted molar refractivity (Wildman–Crippen MR) is 92.9 cm³/mol. The van der Waals surface area contributed by atoms with E-state index in [1.54, 1.807) is 16.9 Å². The van der Waals surface area contributed by atoms with Crippen LogP contribution in [0, 0.1) is 0 Å². The van der Waals surface area contributed by atoms with Gasteiger partial charge in [0.1, 0.15) is 12.2 Å². The first-order valence-corrected chi connectivity index (χ1v) is 8.55. The molecule has 0 radical (unpaired) electrons. The molecule has 3 aromatic rings. The number of anilines is 1. The summed E-state index contributed by atoms with van der Waals surface area (Å²) in [6, 6.07) is 3.96. The molecule has 11 heteroatoms. The van der Waals surface area contributed by atoms with Gasteiger partial charge in [0.2, 0.25) is 0 Å². The zero-order valence-electron chi connectivity index (χ0n) is 14.5. The van der Waals surface area contributed by atoms with Gasteiger partial charge in [0, 0.05) is 18.8 Å². The van der Waals surface area contributed by atoms with Crippen LogP contribution < -0.4 is 10.6 Å². The number of urea groups is 1. The minimum atomic E-state index is -4.53. The molecular weight excluding hydrogens is 375 g/mol. The van der Waals surface area contributed by atoms with Gasteiger partial charge in [-0.2, -0.15) is 23.4 Å². The third-order valence-corrected chi connectivity index (χ3v) is 4.46. The molecule has 2 amide bonds. The fraction of sp³-hybridized carbons (Fsp3) is 0.294. The van der Waals surface area contributed by atoms with E-state index in [0.717, 1.165) is 18.0 Å². The quantitative estimate of drug-likeness (QED) is 0.718. The fourth-order valence-electron chi connectivity index (χ4n) is 3.12. The number of carbonyl (C=O) groups excluding carboxylic acids is 1. The SMILES string of the molecule is O=C(Nc1cc(C(F)(F)F)ccc1-n1cccn1)NC1CCc2ncnn2C1. The van der Waals surface area contributed by atoms with E-state index in [9.17, 15) is 18.0 Å². The Bertz CT molecular complexity index is 981. The zero-order chi connectivity index (χ0) is 19.7. The summed E-state index contributed by atoms with van der Waals surface area (Å²) >= 11 is 0. The smallest absolute Gasteiger partial charge is 0.333 e. The molecule has 3 heterocycles. The number of aryl methyl sites for hydroxylation is 1. The van der Waals surface area contributed by atoms with E-state index >= 15 is 0 Å². The van der Waals surface area contributed by atoms with E-state index in [4.69, 9.17) is 0 Å². The van der Waals surface area contributed by atoms with Gasteiger partial charge < -0.3 is 10.6 Å². The first-order chi connectivity index (χ1) is 13.4. The van der Waals surface area contributed by atoms with Crippen molar-refractivity contribution < 1.29 is 18.0 Å². The predicted octanol–water partition coefficient (Wildman–Crippen LogP) is 2.62. The number of hydrogen-bond donors (Lipinski definition) is 2. The van der Waals surface area contributed by atoms with Crippen molar-refractivity contribution in [1.82, 2.24) is 29.9 Å². The van der Waals surface area contributed by atoms with Gasteiger partial charge in [-0.15, -0.1) is 0 Å². The first-order valence-electron chi connectivity index (χ1n) is 8.55. The maximum absolute atomic E-state index is 13.1. The van der Waals surface area contributed by atoms with Crippen LogP contribution in [0.15, 0.2) is 43.0 Å². The van der Waals surface area contributed by atoms with Gasteiger partial charge in [0.05, 0.1) is 29.5 Å². The Hall–Kier alpha value is -3.37. The minimum absolute atomic E-state index is 0.00767. The largest absolute Gasteiger partial charge is 0.416 e. The second kappa shape index (κ2) is 6.98. The molecule has 1 aliphatic heterocycles. The molecule has 0 aliphatic carbocycles. The minimum Gasteiger partial charge on any atom is -0.333 e. The highest BCUT2D eigenvalue weighted by molar-refractivity contribution is 5.91. The molecule has 1 atom stereocenters. The maximum Gasteiger partial charge on any atom is 0.416 e. The highest BCUT2D eigenvalue weighted by Gasteiger charge is 2.31. The van der Waals surface area contributed by atoms with Crippen molar-refractivity contribution in [1.29, 1.82) is 0 Å². The molecule has 4 rings (SSSR count). The Balaban J connectivity index is 1.53. The third kappa shape index (κ3) is 3.68. The van der Waals surface area contributed by atoms with Gasteiger partial charge in [0.15, 0.2) is 0 Å². The Kier molecular flexibility index (Phi) is 4.49. The second-order valence-corrected chi connectivity index (χ2v) is 6.37. The standard InChI is InChI=1S/C17H16F3N7O/c18-17(19,20)11-2-4-14(26-7-1-6-22-26)13(8-11)25-16(28)24-12-3-5-15-21-10-23-27(15)9-12/h1-2,4,6-8,10,12H,3,5,9H2,(H2,24,25,28). The number of benzene rings is 1. The highest BCUT2D eigenvalue weighted by atomic mass is 19.4. The number of alkyl halides is 3. The number of aromatic nitrogens is 5. The Labute approximate surface area is 157 Å². The van der Waals surface area contributed by atoms with Crippen LogP contribution in [0.3, 0.4) is 0 Å². The van der Waals surface area contributed by atoms with Crippen LogP contribution in [0.2, 0.25) is 0 Å². The molecule has 0 saturated heterocycles. The van der Waals surface area contributed by atoms with Crippen LogP contribution in [0.4, 0.5) is 23.7 Å². The number of carbonyl (C=O) groups is 1. The number of hydrogen-bond acceptors (Lipinski definition) is 4. The van der Waals surface area contributed by atoms with Crippen LogP contribution in [0.25, 0.3) is 5.69 Å². The van der Waals surface area contributed by atoms with Crippen molar-refractivity contribution in [3.8, 4) is 5.69 Å². The lowest BCUT2D eigenvalue weighted by molar-refractivity contribution is -0.137. The van der Waals surface area contributed by atoms with Crippen molar-refractivity contribution in [2.75, 3.05) is 5.32 Å². The third-order valence-electron chi connectivity index (χ3n) is 4.46. The zero-order valence-corrected chi connectivity index (χ0v) is 14.5. The van der Waals surface area contributed by atoms with E-state index < -0.39 is 17.8 Å². The summed E-state index contributed by atoms with van der Waals surface area (Å²) in [6.07, 6.45) is 1.34. The molecule has 0 bridgehead atoms. The number of halogens is 3. The van der Waals surface area contributed by atoms with Crippen LogP contribution >= 0.6 is 0 Å². The van der Waals surface area contributed by atoms with Crippen LogP contribution in [-0.4, -0.2) is 36.6 Å². The second-order valence-electron chi connectivity index (χ2n) is 6.37. The molecule has 0 fully saturated rings. The topological polar surface area (TPSA) is 89.7 Å².